The van der Waals surface area contributed by atoms with Crippen LogP contribution in [0.2, 0.25) is 5.02 Å². The molecule has 2 heterocycles. The summed E-state index contributed by atoms with van der Waals surface area (Å²) in [7, 11) is 1.98. The van der Waals surface area contributed by atoms with Gasteiger partial charge in [0.1, 0.15) is 6.04 Å². The molecular weight excluding hydrogens is 470 g/mol. The lowest BCUT2D eigenvalue weighted by Gasteiger charge is -2.30. The first-order chi connectivity index (χ1) is 16.3. The van der Waals surface area contributed by atoms with Gasteiger partial charge in [-0.25, -0.2) is 0 Å². The van der Waals surface area contributed by atoms with Gasteiger partial charge in [0.25, 0.3) is 0 Å². The molecule has 2 aromatic carbocycles. The quantitative estimate of drug-likeness (QED) is 0.451. The van der Waals surface area contributed by atoms with Crippen molar-refractivity contribution in [3.05, 3.63) is 58.6 Å². The number of carbonyl (C=O) groups excluding carboxylic acids is 2. The van der Waals surface area contributed by atoms with Crippen molar-refractivity contribution in [1.82, 2.24) is 9.88 Å². The highest BCUT2D eigenvalue weighted by molar-refractivity contribution is 8.00. The molecule has 1 unspecified atom stereocenters. The molecule has 8 heteroatoms. The molecule has 0 radical (unpaired) electrons. The van der Waals surface area contributed by atoms with Crippen LogP contribution in [-0.4, -0.2) is 41.4 Å². The zero-order valence-electron chi connectivity index (χ0n) is 19.9. The van der Waals surface area contributed by atoms with E-state index in [9.17, 15) is 9.59 Å². The average molecular weight is 500 g/mol. The second-order valence-electron chi connectivity index (χ2n) is 8.75. The van der Waals surface area contributed by atoms with E-state index in [0.29, 0.717) is 30.3 Å². The number of rotatable bonds is 7. The molecule has 6 nitrogen and oxygen atoms in total. The van der Waals surface area contributed by atoms with E-state index in [1.807, 2.05) is 64.2 Å². The molecular formula is C26H30ClN3O3S. The minimum Gasteiger partial charge on any atom is -0.379 e. The first-order valence-corrected chi connectivity index (χ1v) is 12.8. The summed E-state index contributed by atoms with van der Waals surface area (Å²) in [5, 5.41) is 5.51. The Balaban J connectivity index is 1.78. The lowest BCUT2D eigenvalue weighted by Crippen LogP contribution is -2.44. The molecule has 3 aromatic rings. The highest BCUT2D eigenvalue weighted by Crippen LogP contribution is 2.43. The number of benzene rings is 2. The number of carbonyl (C=O) groups is 2. The van der Waals surface area contributed by atoms with E-state index >= 15 is 0 Å². The lowest BCUT2D eigenvalue weighted by atomic mass is 10.0. The minimum atomic E-state index is -0.812. The summed E-state index contributed by atoms with van der Waals surface area (Å²) in [5.41, 5.74) is 3.41. The number of amides is 2. The van der Waals surface area contributed by atoms with Crippen LogP contribution in [0.1, 0.15) is 37.4 Å². The maximum Gasteiger partial charge on any atom is 0.247 e. The minimum absolute atomic E-state index is 0.131. The van der Waals surface area contributed by atoms with E-state index in [1.165, 1.54) is 11.8 Å². The molecule has 4 rings (SSSR count). The van der Waals surface area contributed by atoms with Crippen molar-refractivity contribution in [2.24, 2.45) is 7.05 Å². The molecule has 180 valence electrons. The number of anilines is 1. The van der Waals surface area contributed by atoms with Gasteiger partial charge in [0.2, 0.25) is 11.8 Å². The molecule has 1 aliphatic rings. The van der Waals surface area contributed by atoms with Crippen LogP contribution >= 0.6 is 23.4 Å². The number of ether oxygens (including phenoxy) is 1. The third-order valence-corrected chi connectivity index (χ3v) is 7.54. The van der Waals surface area contributed by atoms with E-state index < -0.39 is 6.04 Å². The molecule has 1 N–H and O–H groups in total. The van der Waals surface area contributed by atoms with Crippen molar-refractivity contribution >= 4 is 51.8 Å². The molecule has 0 saturated carbocycles. The van der Waals surface area contributed by atoms with Crippen LogP contribution in [0, 0.1) is 6.92 Å². The Labute approximate surface area is 209 Å². The van der Waals surface area contributed by atoms with E-state index in [-0.39, 0.29) is 23.7 Å². The van der Waals surface area contributed by atoms with Gasteiger partial charge in [-0.2, -0.15) is 0 Å². The fourth-order valence-electron chi connectivity index (χ4n) is 4.28. The third-order valence-electron chi connectivity index (χ3n) is 5.98. The highest BCUT2D eigenvalue weighted by atomic mass is 35.5. The Morgan fingerprint density at radius 1 is 1.26 bits per heavy atom. The third kappa shape index (κ3) is 4.83. The second kappa shape index (κ2) is 10.4. The number of nitrogens with zero attached hydrogens (tertiary/aromatic N) is 2. The van der Waals surface area contributed by atoms with Crippen LogP contribution in [0.3, 0.4) is 0 Å². The summed E-state index contributed by atoms with van der Waals surface area (Å²) in [5.74, 6) is -0.113. The number of nitrogens with one attached hydrogen (secondary N) is 1. The Bertz CT molecular complexity index is 1220. The number of para-hydroxylation sites is 1. The Morgan fingerprint density at radius 3 is 2.76 bits per heavy atom. The van der Waals surface area contributed by atoms with Gasteiger partial charge in [-0.15, -0.1) is 0 Å². The first-order valence-electron chi connectivity index (χ1n) is 11.5. The molecule has 1 atom stereocenters. The van der Waals surface area contributed by atoms with Crippen molar-refractivity contribution in [2.45, 2.75) is 44.4 Å². The van der Waals surface area contributed by atoms with Crippen LogP contribution < -0.4 is 10.2 Å². The molecule has 2 amide bonds. The molecule has 0 saturated heterocycles. The maximum atomic E-state index is 13.7. The normalized spacial score (nSPS) is 16.1. The SMILES string of the molecule is Cc1ccc(N2C(=O)CSc3c(c4ccccc4n3C)C2C(=O)NCCCOC(C)C)cc1Cl. The number of fused-ring (bicyclic) bond motifs is 3. The second-order valence-corrected chi connectivity index (χ2v) is 10.1. The van der Waals surface area contributed by atoms with E-state index in [4.69, 9.17) is 16.3 Å². The maximum absolute atomic E-state index is 13.7. The highest BCUT2D eigenvalue weighted by Gasteiger charge is 2.39. The van der Waals surface area contributed by atoms with Gasteiger partial charge in [-0.1, -0.05) is 47.6 Å². The van der Waals surface area contributed by atoms with Crippen molar-refractivity contribution < 1.29 is 14.3 Å². The molecule has 0 spiro atoms. The Kier molecular flexibility index (Phi) is 7.55. The summed E-state index contributed by atoms with van der Waals surface area (Å²) in [6.07, 6.45) is 0.838. The van der Waals surface area contributed by atoms with Crippen molar-refractivity contribution in [3.8, 4) is 0 Å². The average Bonchev–Trinajstić information content (AvgIpc) is 2.98. The number of aromatic nitrogens is 1. The smallest absolute Gasteiger partial charge is 0.247 e. The van der Waals surface area contributed by atoms with Crippen molar-refractivity contribution in [1.29, 1.82) is 0 Å². The Hall–Kier alpha value is -2.48. The zero-order chi connectivity index (χ0) is 24.4. The van der Waals surface area contributed by atoms with Crippen LogP contribution in [0.5, 0.6) is 0 Å². The largest absolute Gasteiger partial charge is 0.379 e. The molecule has 1 aliphatic heterocycles. The van der Waals surface area contributed by atoms with Crippen molar-refractivity contribution in [3.63, 3.8) is 0 Å². The van der Waals surface area contributed by atoms with E-state index in [1.54, 1.807) is 11.0 Å². The van der Waals surface area contributed by atoms with Crippen LogP contribution in [0.25, 0.3) is 10.9 Å². The van der Waals surface area contributed by atoms with Gasteiger partial charge in [-0.05, 0) is 51.0 Å². The van der Waals surface area contributed by atoms with E-state index in [0.717, 1.165) is 27.1 Å². The Morgan fingerprint density at radius 2 is 2.03 bits per heavy atom. The number of hydrogen-bond donors (Lipinski definition) is 1. The predicted octanol–water partition coefficient (Wildman–Crippen LogP) is 5.25. The molecule has 0 bridgehead atoms. The van der Waals surface area contributed by atoms with Gasteiger partial charge in [0.15, 0.2) is 0 Å². The number of halogens is 1. The van der Waals surface area contributed by atoms with Gasteiger partial charge >= 0.3 is 0 Å². The van der Waals surface area contributed by atoms with Crippen molar-refractivity contribution in [2.75, 3.05) is 23.8 Å². The summed E-state index contributed by atoms with van der Waals surface area (Å²) in [6.45, 7) is 6.92. The molecule has 0 fully saturated rings. The van der Waals surface area contributed by atoms with E-state index in [2.05, 4.69) is 9.88 Å². The summed E-state index contributed by atoms with van der Waals surface area (Å²) in [6, 6.07) is 12.7. The van der Waals surface area contributed by atoms with Crippen LogP contribution in [0.15, 0.2) is 47.5 Å². The lowest BCUT2D eigenvalue weighted by molar-refractivity contribution is -0.125. The molecule has 1 aromatic heterocycles. The number of thioether (sulfide) groups is 1. The van der Waals surface area contributed by atoms with Gasteiger partial charge < -0.3 is 14.6 Å². The summed E-state index contributed by atoms with van der Waals surface area (Å²) >= 11 is 7.90. The molecule has 0 aliphatic carbocycles. The fraction of sp³-hybridized carbons (Fsp3) is 0.385. The van der Waals surface area contributed by atoms with Crippen LogP contribution in [-0.2, 0) is 21.4 Å². The standard InChI is InChI=1S/C26H30ClN3O3S/c1-16(2)33-13-7-12-28-25(32)24-23-19-8-5-6-9-21(19)29(4)26(23)34-15-22(31)30(24)18-11-10-17(3)20(27)14-18/h5-6,8-11,14,16,24H,7,12-13,15H2,1-4H3,(H,28,32). The van der Waals surface area contributed by atoms with Crippen LogP contribution in [0.4, 0.5) is 5.69 Å². The summed E-state index contributed by atoms with van der Waals surface area (Å²) < 4.78 is 7.68. The number of hydrogen-bond acceptors (Lipinski definition) is 4. The first kappa shape index (κ1) is 24.6. The monoisotopic (exact) mass is 499 g/mol. The molecule has 34 heavy (non-hydrogen) atoms. The van der Waals surface area contributed by atoms with Gasteiger partial charge in [-0.3, -0.25) is 14.5 Å². The van der Waals surface area contributed by atoms with Gasteiger partial charge in [0, 0.05) is 47.4 Å². The number of aryl methyl sites for hydroxylation is 2. The fourth-order valence-corrected chi connectivity index (χ4v) is 5.53. The summed E-state index contributed by atoms with van der Waals surface area (Å²) in [4.78, 5) is 28.8. The predicted molar refractivity (Wildman–Crippen MR) is 139 cm³/mol. The zero-order valence-corrected chi connectivity index (χ0v) is 21.5. The topological polar surface area (TPSA) is 63.6 Å². The van der Waals surface area contributed by atoms with Gasteiger partial charge in [0.05, 0.1) is 16.9 Å².